The molecule has 4 heteroatoms. The van der Waals surface area contributed by atoms with E-state index in [1.54, 1.807) is 6.92 Å². The lowest BCUT2D eigenvalue weighted by Crippen LogP contribution is -1.96. The van der Waals surface area contributed by atoms with Crippen molar-refractivity contribution >= 4 is 22.7 Å². The highest BCUT2D eigenvalue weighted by molar-refractivity contribution is 6.61. The van der Waals surface area contributed by atoms with Gasteiger partial charge in [-0.15, -0.1) is 0 Å². The molecule has 0 atom stereocenters. The summed E-state index contributed by atoms with van der Waals surface area (Å²) in [6, 6.07) is 9.36. The van der Waals surface area contributed by atoms with Crippen LogP contribution in [0, 0.1) is 0 Å². The molecule has 0 saturated carbocycles. The quantitative estimate of drug-likeness (QED) is 0.317. The average Bonchev–Trinajstić information content (AvgIpc) is 2.15. The van der Waals surface area contributed by atoms with Gasteiger partial charge in [0.15, 0.2) is 0 Å². The van der Waals surface area contributed by atoms with Crippen LogP contribution in [0.5, 0.6) is 0 Å². The van der Waals surface area contributed by atoms with Gasteiger partial charge in [0.1, 0.15) is 0 Å². The summed E-state index contributed by atoms with van der Waals surface area (Å²) in [5.74, 6) is 0. The van der Waals surface area contributed by atoms with Crippen molar-refractivity contribution in [3.63, 3.8) is 0 Å². The van der Waals surface area contributed by atoms with Crippen LogP contribution in [-0.2, 0) is 4.84 Å². The molecule has 68 valence electrons. The number of hydrogen-bond acceptors (Lipinski definition) is 3. The first-order valence-corrected chi connectivity index (χ1v) is 4.04. The molecule has 0 heterocycles. The molecular formula is C9H8ClNO2. The standard InChI is InChI=1S/C9H8ClNO2/c1-7(11-13-9(10)12)8-5-3-2-4-6-8/h2-6H,1H3. The molecule has 0 aliphatic carbocycles. The number of oxime groups is 1. The molecule has 0 fully saturated rings. The summed E-state index contributed by atoms with van der Waals surface area (Å²) < 4.78 is 0. The fourth-order valence-corrected chi connectivity index (χ4v) is 0.871. The molecule has 0 bridgehead atoms. The summed E-state index contributed by atoms with van der Waals surface area (Å²) in [5.41, 5.74) is 0.560. The first kappa shape index (κ1) is 9.74. The maximum Gasteiger partial charge on any atom is 0.429 e. The SMILES string of the molecule is CC(=NOC(=O)Cl)c1ccccc1. The van der Waals surface area contributed by atoms with E-state index < -0.39 is 5.43 Å². The molecule has 0 aliphatic heterocycles. The normalized spacial score (nSPS) is 11.1. The van der Waals surface area contributed by atoms with E-state index in [1.807, 2.05) is 30.3 Å². The van der Waals surface area contributed by atoms with E-state index in [9.17, 15) is 4.79 Å². The van der Waals surface area contributed by atoms with Gasteiger partial charge < -0.3 is 4.84 Å². The topological polar surface area (TPSA) is 38.7 Å². The Morgan fingerprint density at radius 1 is 1.38 bits per heavy atom. The summed E-state index contributed by atoms with van der Waals surface area (Å²) in [6.45, 7) is 1.73. The van der Waals surface area contributed by atoms with Crippen LogP contribution in [0.2, 0.25) is 0 Å². The molecule has 0 saturated heterocycles. The molecule has 13 heavy (non-hydrogen) atoms. The van der Waals surface area contributed by atoms with Gasteiger partial charge in [-0.3, -0.25) is 0 Å². The third kappa shape index (κ3) is 3.25. The van der Waals surface area contributed by atoms with Crippen LogP contribution in [-0.4, -0.2) is 11.1 Å². The predicted molar refractivity (Wildman–Crippen MR) is 51.0 cm³/mol. The first-order valence-electron chi connectivity index (χ1n) is 3.66. The van der Waals surface area contributed by atoms with Gasteiger partial charge >= 0.3 is 5.43 Å². The van der Waals surface area contributed by atoms with Crippen molar-refractivity contribution in [2.75, 3.05) is 0 Å². The monoisotopic (exact) mass is 197 g/mol. The number of hydrogen-bond donors (Lipinski definition) is 0. The lowest BCUT2D eigenvalue weighted by atomic mass is 10.1. The van der Waals surface area contributed by atoms with E-state index in [2.05, 4.69) is 9.99 Å². The van der Waals surface area contributed by atoms with Gasteiger partial charge in [0, 0.05) is 11.6 Å². The van der Waals surface area contributed by atoms with Gasteiger partial charge in [-0.05, 0) is 12.5 Å². The van der Waals surface area contributed by atoms with Crippen molar-refractivity contribution in [2.24, 2.45) is 5.16 Å². The average molecular weight is 198 g/mol. The minimum absolute atomic E-state index is 0.606. The molecule has 1 rings (SSSR count). The Hall–Kier alpha value is -1.35. The number of rotatable bonds is 2. The van der Waals surface area contributed by atoms with E-state index in [4.69, 9.17) is 11.6 Å². The molecular weight excluding hydrogens is 190 g/mol. The molecule has 0 amide bonds. The minimum Gasteiger partial charge on any atom is -0.302 e. The van der Waals surface area contributed by atoms with E-state index in [-0.39, 0.29) is 0 Å². The maximum atomic E-state index is 10.2. The lowest BCUT2D eigenvalue weighted by Gasteiger charge is -1.97. The second-order valence-electron chi connectivity index (χ2n) is 2.37. The van der Waals surface area contributed by atoms with Crippen molar-refractivity contribution < 1.29 is 9.63 Å². The molecule has 1 aromatic rings. The summed E-state index contributed by atoms with van der Waals surface area (Å²) in [5, 5.41) is 3.53. The van der Waals surface area contributed by atoms with Crippen LogP contribution in [0.3, 0.4) is 0 Å². The van der Waals surface area contributed by atoms with E-state index in [0.29, 0.717) is 5.71 Å². The summed E-state index contributed by atoms with van der Waals surface area (Å²) in [6.07, 6.45) is 0. The van der Waals surface area contributed by atoms with Gasteiger partial charge in [-0.1, -0.05) is 35.5 Å². The van der Waals surface area contributed by atoms with Gasteiger partial charge in [-0.2, -0.15) is 0 Å². The van der Waals surface area contributed by atoms with Gasteiger partial charge in [-0.25, -0.2) is 4.79 Å². The molecule has 3 nitrogen and oxygen atoms in total. The highest BCUT2D eigenvalue weighted by Crippen LogP contribution is 2.01. The minimum atomic E-state index is -0.935. The highest BCUT2D eigenvalue weighted by atomic mass is 35.5. The smallest absolute Gasteiger partial charge is 0.302 e. The molecule has 0 radical (unpaired) electrons. The third-order valence-electron chi connectivity index (χ3n) is 1.45. The van der Waals surface area contributed by atoms with Crippen LogP contribution in [0.4, 0.5) is 4.79 Å². The van der Waals surface area contributed by atoms with Gasteiger partial charge in [0.25, 0.3) is 0 Å². The fourth-order valence-electron chi connectivity index (χ4n) is 0.836. The molecule has 0 N–H and O–H groups in total. The Labute approximate surface area is 81.0 Å². The van der Waals surface area contributed by atoms with Crippen LogP contribution in [0.25, 0.3) is 0 Å². The molecule has 1 aromatic carbocycles. The predicted octanol–water partition coefficient (Wildman–Crippen LogP) is 2.79. The fraction of sp³-hybridized carbons (Fsp3) is 0.111. The van der Waals surface area contributed by atoms with Crippen LogP contribution < -0.4 is 0 Å². The maximum absolute atomic E-state index is 10.2. The largest absolute Gasteiger partial charge is 0.429 e. The van der Waals surface area contributed by atoms with Crippen molar-refractivity contribution in [1.29, 1.82) is 0 Å². The third-order valence-corrected chi connectivity index (χ3v) is 1.51. The second-order valence-corrected chi connectivity index (χ2v) is 2.68. The zero-order valence-corrected chi connectivity index (χ0v) is 7.78. The van der Waals surface area contributed by atoms with E-state index in [1.165, 1.54) is 0 Å². The Morgan fingerprint density at radius 2 is 2.00 bits per heavy atom. The number of benzene rings is 1. The van der Waals surface area contributed by atoms with Crippen molar-refractivity contribution in [2.45, 2.75) is 6.92 Å². The van der Waals surface area contributed by atoms with Gasteiger partial charge in [0.2, 0.25) is 0 Å². The lowest BCUT2D eigenvalue weighted by molar-refractivity contribution is 0.178. The second kappa shape index (κ2) is 4.62. The highest BCUT2D eigenvalue weighted by Gasteiger charge is 1.97. The van der Waals surface area contributed by atoms with Crippen LogP contribution in [0.1, 0.15) is 12.5 Å². The Bertz CT molecular complexity index is 322. The number of carbonyl (C=O) groups excluding carboxylic acids is 1. The van der Waals surface area contributed by atoms with E-state index in [0.717, 1.165) is 5.56 Å². The zero-order valence-electron chi connectivity index (χ0n) is 7.03. The number of nitrogens with zero attached hydrogens (tertiary/aromatic N) is 1. The zero-order chi connectivity index (χ0) is 9.68. The van der Waals surface area contributed by atoms with Crippen molar-refractivity contribution in [1.82, 2.24) is 0 Å². The summed E-state index contributed by atoms with van der Waals surface area (Å²) in [7, 11) is 0. The molecule has 0 aliphatic rings. The number of halogens is 1. The number of carbonyl (C=O) groups is 1. The van der Waals surface area contributed by atoms with Crippen LogP contribution >= 0.6 is 11.6 Å². The summed E-state index contributed by atoms with van der Waals surface area (Å²) >= 11 is 4.94. The molecule has 0 spiro atoms. The van der Waals surface area contributed by atoms with Crippen molar-refractivity contribution in [3.8, 4) is 0 Å². The summed E-state index contributed by atoms with van der Waals surface area (Å²) in [4.78, 5) is 14.5. The van der Waals surface area contributed by atoms with Crippen molar-refractivity contribution in [3.05, 3.63) is 35.9 Å². The molecule has 0 unspecified atom stereocenters. The van der Waals surface area contributed by atoms with Crippen LogP contribution in [0.15, 0.2) is 35.5 Å². The Kier molecular flexibility index (Phi) is 3.46. The van der Waals surface area contributed by atoms with E-state index >= 15 is 0 Å². The van der Waals surface area contributed by atoms with Gasteiger partial charge in [0.05, 0.1) is 5.71 Å². The Morgan fingerprint density at radius 3 is 2.54 bits per heavy atom. The Balaban J connectivity index is 2.73. The first-order chi connectivity index (χ1) is 6.20. The molecule has 0 aromatic heterocycles.